The molecule has 1 aromatic carbocycles. The van der Waals surface area contributed by atoms with Gasteiger partial charge < -0.3 is 5.11 Å². The third-order valence-electron chi connectivity index (χ3n) is 3.79. The fourth-order valence-corrected chi connectivity index (χ4v) is 4.27. The SMILES string of the molecule is CS(=O)(=O)C1CCc2c1nc1c(Cl)cccc1c2C(=O)O. The van der Waals surface area contributed by atoms with Crippen molar-refractivity contribution in [3.8, 4) is 0 Å². The van der Waals surface area contributed by atoms with E-state index in [1.54, 1.807) is 18.2 Å². The summed E-state index contributed by atoms with van der Waals surface area (Å²) in [6.45, 7) is 0. The van der Waals surface area contributed by atoms with Crippen molar-refractivity contribution in [3.05, 3.63) is 40.0 Å². The third-order valence-corrected chi connectivity index (χ3v) is 5.59. The number of para-hydroxylation sites is 1. The lowest BCUT2D eigenvalue weighted by molar-refractivity contribution is 0.0698. The standard InChI is InChI=1S/C14H12ClNO4S/c1-21(19,20)10-6-5-8-11(14(17)18)7-3-2-4-9(15)12(7)16-13(8)10/h2-4,10H,5-6H2,1H3,(H,17,18). The molecule has 1 aliphatic rings. The Hall–Kier alpha value is -1.66. The maximum absolute atomic E-state index is 11.9. The molecule has 0 saturated heterocycles. The number of halogens is 1. The number of aromatic carboxylic acids is 1. The minimum absolute atomic E-state index is 0.114. The van der Waals surface area contributed by atoms with E-state index < -0.39 is 21.1 Å². The van der Waals surface area contributed by atoms with Gasteiger partial charge in [-0.1, -0.05) is 23.7 Å². The number of nitrogens with zero attached hydrogens (tertiary/aromatic N) is 1. The Morgan fingerprint density at radius 2 is 2.14 bits per heavy atom. The summed E-state index contributed by atoms with van der Waals surface area (Å²) in [5.74, 6) is -1.09. The number of carbonyl (C=O) groups is 1. The Labute approximate surface area is 126 Å². The van der Waals surface area contributed by atoms with Gasteiger partial charge in [0.1, 0.15) is 5.25 Å². The van der Waals surface area contributed by atoms with Crippen LogP contribution in [-0.4, -0.2) is 30.7 Å². The Morgan fingerprint density at radius 3 is 2.76 bits per heavy atom. The molecule has 0 amide bonds. The molecular formula is C14H12ClNO4S. The number of fused-ring (bicyclic) bond motifs is 2. The van der Waals surface area contributed by atoms with Gasteiger partial charge in [0.25, 0.3) is 0 Å². The maximum Gasteiger partial charge on any atom is 0.336 e. The summed E-state index contributed by atoms with van der Waals surface area (Å²) < 4.78 is 23.8. The van der Waals surface area contributed by atoms with Crippen molar-refractivity contribution in [2.75, 3.05) is 6.26 Å². The van der Waals surface area contributed by atoms with Crippen molar-refractivity contribution in [2.24, 2.45) is 0 Å². The van der Waals surface area contributed by atoms with E-state index in [1.165, 1.54) is 0 Å². The number of hydrogen-bond donors (Lipinski definition) is 1. The first kappa shape index (κ1) is 14.3. The molecule has 0 saturated carbocycles. The highest BCUT2D eigenvalue weighted by Crippen LogP contribution is 2.40. The zero-order valence-corrected chi connectivity index (χ0v) is 12.7. The van der Waals surface area contributed by atoms with Gasteiger partial charge in [-0.3, -0.25) is 0 Å². The number of carboxylic acids is 1. The van der Waals surface area contributed by atoms with Gasteiger partial charge >= 0.3 is 5.97 Å². The molecular weight excluding hydrogens is 314 g/mol. The van der Waals surface area contributed by atoms with E-state index in [2.05, 4.69) is 4.98 Å². The van der Waals surface area contributed by atoms with Gasteiger partial charge in [-0.2, -0.15) is 0 Å². The van der Waals surface area contributed by atoms with Gasteiger partial charge in [-0.25, -0.2) is 18.2 Å². The summed E-state index contributed by atoms with van der Waals surface area (Å²) in [6.07, 6.45) is 1.89. The van der Waals surface area contributed by atoms with Crippen LogP contribution in [-0.2, 0) is 16.3 Å². The summed E-state index contributed by atoms with van der Waals surface area (Å²) in [7, 11) is -3.34. The molecule has 110 valence electrons. The van der Waals surface area contributed by atoms with Gasteiger partial charge in [0, 0.05) is 11.6 Å². The van der Waals surface area contributed by atoms with Gasteiger partial charge in [0.2, 0.25) is 0 Å². The number of carboxylic acid groups (broad SMARTS) is 1. The molecule has 0 aliphatic heterocycles. The zero-order chi connectivity index (χ0) is 15.4. The fourth-order valence-electron chi connectivity index (χ4n) is 2.90. The predicted molar refractivity (Wildman–Crippen MR) is 79.6 cm³/mol. The lowest BCUT2D eigenvalue weighted by Gasteiger charge is -2.12. The normalized spacial score (nSPS) is 17.9. The largest absolute Gasteiger partial charge is 0.478 e. The molecule has 0 fully saturated rings. The van der Waals surface area contributed by atoms with Crippen molar-refractivity contribution in [3.63, 3.8) is 0 Å². The lowest BCUT2D eigenvalue weighted by Crippen LogP contribution is -2.11. The highest BCUT2D eigenvalue weighted by molar-refractivity contribution is 7.90. The molecule has 5 nitrogen and oxygen atoms in total. The number of hydrogen-bond acceptors (Lipinski definition) is 4. The Morgan fingerprint density at radius 1 is 1.43 bits per heavy atom. The summed E-state index contributed by atoms with van der Waals surface area (Å²) in [6, 6.07) is 4.92. The van der Waals surface area contributed by atoms with Crippen molar-refractivity contribution >= 4 is 38.3 Å². The molecule has 1 unspecified atom stereocenters. The molecule has 7 heteroatoms. The van der Waals surface area contributed by atoms with E-state index in [0.717, 1.165) is 6.26 Å². The minimum Gasteiger partial charge on any atom is -0.478 e. The molecule has 2 aromatic rings. The number of sulfone groups is 1. The van der Waals surface area contributed by atoms with Gasteiger partial charge in [-0.15, -0.1) is 0 Å². The average molecular weight is 326 g/mol. The average Bonchev–Trinajstić information content (AvgIpc) is 2.79. The second-order valence-corrected chi connectivity index (χ2v) is 7.78. The van der Waals surface area contributed by atoms with Crippen LogP contribution in [0, 0.1) is 0 Å². The van der Waals surface area contributed by atoms with E-state index in [4.69, 9.17) is 11.6 Å². The monoisotopic (exact) mass is 325 g/mol. The number of pyridine rings is 1. The molecule has 1 aromatic heterocycles. The van der Waals surface area contributed by atoms with Crippen LogP contribution in [0.15, 0.2) is 18.2 Å². The third kappa shape index (κ3) is 2.18. The quantitative estimate of drug-likeness (QED) is 0.917. The molecule has 1 aliphatic carbocycles. The van der Waals surface area contributed by atoms with Crippen LogP contribution in [0.25, 0.3) is 10.9 Å². The molecule has 0 radical (unpaired) electrons. The van der Waals surface area contributed by atoms with Crippen LogP contribution in [0.5, 0.6) is 0 Å². The summed E-state index contributed by atoms with van der Waals surface area (Å²) in [5.41, 5.74) is 1.29. The van der Waals surface area contributed by atoms with Crippen LogP contribution >= 0.6 is 11.6 Å². The van der Waals surface area contributed by atoms with Crippen LogP contribution in [0.4, 0.5) is 0 Å². The first-order valence-electron chi connectivity index (χ1n) is 6.34. The van der Waals surface area contributed by atoms with Gasteiger partial charge in [0.15, 0.2) is 9.84 Å². The molecule has 21 heavy (non-hydrogen) atoms. The molecule has 1 heterocycles. The van der Waals surface area contributed by atoms with Crippen LogP contribution in [0.3, 0.4) is 0 Å². The summed E-state index contributed by atoms with van der Waals surface area (Å²) in [5, 5.41) is 9.51. The van der Waals surface area contributed by atoms with Crippen molar-refractivity contribution in [1.82, 2.24) is 4.98 Å². The lowest BCUT2D eigenvalue weighted by atomic mass is 10.0. The van der Waals surface area contributed by atoms with Gasteiger partial charge in [0.05, 0.1) is 21.8 Å². The zero-order valence-electron chi connectivity index (χ0n) is 11.1. The Balaban J connectivity index is 2.44. The van der Waals surface area contributed by atoms with Crippen molar-refractivity contribution < 1.29 is 18.3 Å². The smallest absolute Gasteiger partial charge is 0.336 e. The molecule has 1 N–H and O–H groups in total. The Bertz CT molecular complexity index is 876. The topological polar surface area (TPSA) is 84.3 Å². The van der Waals surface area contributed by atoms with Gasteiger partial charge in [-0.05, 0) is 24.5 Å². The fraction of sp³-hybridized carbons (Fsp3) is 0.286. The number of benzene rings is 1. The highest BCUT2D eigenvalue weighted by Gasteiger charge is 2.36. The van der Waals surface area contributed by atoms with Crippen LogP contribution < -0.4 is 0 Å². The molecule has 3 rings (SSSR count). The number of rotatable bonds is 2. The van der Waals surface area contributed by atoms with E-state index in [1.807, 2.05) is 0 Å². The van der Waals surface area contributed by atoms with E-state index in [9.17, 15) is 18.3 Å². The predicted octanol–water partition coefficient (Wildman–Crippen LogP) is 2.62. The molecule has 0 spiro atoms. The van der Waals surface area contributed by atoms with E-state index in [-0.39, 0.29) is 5.56 Å². The van der Waals surface area contributed by atoms with E-state index in [0.29, 0.717) is 40.0 Å². The van der Waals surface area contributed by atoms with E-state index >= 15 is 0 Å². The summed E-state index contributed by atoms with van der Waals surface area (Å²) in [4.78, 5) is 16.0. The van der Waals surface area contributed by atoms with Crippen molar-refractivity contribution in [1.29, 1.82) is 0 Å². The number of aromatic nitrogens is 1. The maximum atomic E-state index is 11.9. The van der Waals surface area contributed by atoms with Crippen LogP contribution in [0.1, 0.15) is 33.3 Å². The van der Waals surface area contributed by atoms with Crippen molar-refractivity contribution in [2.45, 2.75) is 18.1 Å². The Kier molecular flexibility index (Phi) is 3.18. The van der Waals surface area contributed by atoms with Crippen LogP contribution in [0.2, 0.25) is 5.02 Å². The molecule has 0 bridgehead atoms. The second-order valence-electron chi connectivity index (χ2n) is 5.15. The molecule has 1 atom stereocenters. The summed E-state index contributed by atoms with van der Waals surface area (Å²) >= 11 is 6.09. The first-order valence-corrected chi connectivity index (χ1v) is 8.67. The first-order chi connectivity index (χ1) is 9.80. The minimum atomic E-state index is -3.34. The highest BCUT2D eigenvalue weighted by atomic mass is 35.5. The second kappa shape index (κ2) is 4.68.